The van der Waals surface area contributed by atoms with Crippen molar-refractivity contribution < 1.29 is 9.84 Å². The Kier molecular flexibility index (Phi) is 5.56. The van der Waals surface area contributed by atoms with E-state index in [9.17, 15) is 5.11 Å². The molecule has 1 aromatic rings. The van der Waals surface area contributed by atoms with Crippen molar-refractivity contribution in [3.8, 4) is 0 Å². The van der Waals surface area contributed by atoms with Crippen LogP contribution < -0.4 is 0 Å². The van der Waals surface area contributed by atoms with E-state index < -0.39 is 0 Å². The molecule has 1 unspecified atom stereocenters. The van der Waals surface area contributed by atoms with E-state index in [1.165, 1.54) is 0 Å². The highest BCUT2D eigenvalue weighted by molar-refractivity contribution is 5.14. The van der Waals surface area contributed by atoms with Gasteiger partial charge in [-0.3, -0.25) is 0 Å². The maximum Gasteiger partial charge on any atom is 0.0827 e. The van der Waals surface area contributed by atoms with E-state index in [0.717, 1.165) is 31.7 Å². The van der Waals surface area contributed by atoms with Crippen molar-refractivity contribution in [2.24, 2.45) is 5.92 Å². The fraction of sp³-hybridized carbons (Fsp3) is 0.692. The largest absolute Gasteiger partial charge is 0.388 e. The average molecular weight is 225 g/mol. The monoisotopic (exact) mass is 225 g/mol. The molecule has 0 saturated heterocycles. The van der Waals surface area contributed by atoms with Crippen molar-refractivity contribution in [2.75, 3.05) is 13.2 Å². The normalized spacial score (nSPS) is 13.3. The second kappa shape index (κ2) is 6.71. The Morgan fingerprint density at radius 2 is 2.12 bits per heavy atom. The molecular weight excluding hydrogens is 202 g/mol. The minimum absolute atomic E-state index is 0.257. The first-order chi connectivity index (χ1) is 7.65. The number of nitrogens with zero attached hydrogens (tertiary/aromatic N) is 1. The Bertz CT molecular complexity index is 294. The molecule has 0 fully saturated rings. The lowest BCUT2D eigenvalue weighted by molar-refractivity contribution is 0.123. The molecule has 0 radical (unpaired) electrons. The molecule has 0 aliphatic heterocycles. The third-order valence-corrected chi connectivity index (χ3v) is 2.59. The molecule has 0 aliphatic carbocycles. The van der Waals surface area contributed by atoms with Gasteiger partial charge in [-0.05, 0) is 24.0 Å². The van der Waals surface area contributed by atoms with Crippen LogP contribution in [0.2, 0.25) is 0 Å². The summed E-state index contributed by atoms with van der Waals surface area (Å²) in [5.41, 5.74) is 0.991. The van der Waals surface area contributed by atoms with E-state index >= 15 is 0 Å². The summed E-state index contributed by atoms with van der Waals surface area (Å²) in [5, 5.41) is 9.88. The van der Waals surface area contributed by atoms with Gasteiger partial charge in [0.1, 0.15) is 0 Å². The molecule has 0 aromatic carbocycles. The molecule has 0 aliphatic rings. The van der Waals surface area contributed by atoms with Gasteiger partial charge in [-0.2, -0.15) is 0 Å². The van der Waals surface area contributed by atoms with Crippen molar-refractivity contribution in [3.63, 3.8) is 0 Å². The Balaban J connectivity index is 2.39. The van der Waals surface area contributed by atoms with Crippen LogP contribution in [0.3, 0.4) is 0 Å². The minimum Gasteiger partial charge on any atom is -0.388 e. The average Bonchev–Trinajstić information content (AvgIpc) is 2.72. The molecule has 1 atom stereocenters. The van der Waals surface area contributed by atoms with Crippen molar-refractivity contribution >= 4 is 0 Å². The van der Waals surface area contributed by atoms with Crippen LogP contribution in [0.25, 0.3) is 0 Å². The van der Waals surface area contributed by atoms with E-state index in [1.807, 2.05) is 32.3 Å². The van der Waals surface area contributed by atoms with Crippen LogP contribution >= 0.6 is 0 Å². The molecule has 1 aromatic heterocycles. The molecule has 3 nitrogen and oxygen atoms in total. The molecule has 92 valence electrons. The van der Waals surface area contributed by atoms with Gasteiger partial charge >= 0.3 is 0 Å². The van der Waals surface area contributed by atoms with E-state index in [-0.39, 0.29) is 12.0 Å². The van der Waals surface area contributed by atoms with Gasteiger partial charge in [0.25, 0.3) is 0 Å². The zero-order valence-electron chi connectivity index (χ0n) is 10.5. The third-order valence-electron chi connectivity index (χ3n) is 2.59. The van der Waals surface area contributed by atoms with Gasteiger partial charge < -0.3 is 14.4 Å². The fourth-order valence-corrected chi connectivity index (χ4v) is 1.57. The first kappa shape index (κ1) is 13.3. The third kappa shape index (κ3) is 3.99. The topological polar surface area (TPSA) is 34.4 Å². The number of hydrogen-bond acceptors (Lipinski definition) is 2. The molecule has 1 rings (SSSR count). The molecule has 3 heteroatoms. The fourth-order valence-electron chi connectivity index (χ4n) is 1.57. The Hall–Kier alpha value is -0.800. The van der Waals surface area contributed by atoms with Gasteiger partial charge in [-0.25, -0.2) is 0 Å². The molecule has 0 saturated carbocycles. The summed E-state index contributed by atoms with van der Waals surface area (Å²) in [6.45, 7) is 8.55. The standard InChI is InChI=1S/C13H23NO2/c1-4-8-16-9-7-14-6-5-12(10-14)13(15)11(2)3/h5-6,10-11,13,15H,4,7-9H2,1-3H3. The van der Waals surface area contributed by atoms with Crippen molar-refractivity contribution in [2.45, 2.75) is 39.8 Å². The first-order valence-electron chi connectivity index (χ1n) is 6.06. The van der Waals surface area contributed by atoms with Gasteiger partial charge in [0.2, 0.25) is 0 Å². The second-order valence-electron chi connectivity index (χ2n) is 4.48. The Labute approximate surface area is 98.0 Å². The number of aliphatic hydroxyl groups is 1. The molecule has 0 bridgehead atoms. The number of ether oxygens (including phenoxy) is 1. The maximum absolute atomic E-state index is 9.88. The number of rotatable bonds is 7. The SMILES string of the molecule is CCCOCCn1ccc(C(O)C(C)C)c1. The highest BCUT2D eigenvalue weighted by Gasteiger charge is 2.12. The Morgan fingerprint density at radius 1 is 1.38 bits per heavy atom. The van der Waals surface area contributed by atoms with Gasteiger partial charge in [-0.15, -0.1) is 0 Å². The summed E-state index contributed by atoms with van der Waals surface area (Å²) in [5.74, 6) is 0.257. The lowest BCUT2D eigenvalue weighted by Gasteiger charge is -2.12. The summed E-state index contributed by atoms with van der Waals surface area (Å²) in [4.78, 5) is 0. The van der Waals surface area contributed by atoms with Gasteiger partial charge in [0.15, 0.2) is 0 Å². The summed E-state index contributed by atoms with van der Waals surface area (Å²) < 4.78 is 7.49. The van der Waals surface area contributed by atoms with Crippen molar-refractivity contribution in [1.29, 1.82) is 0 Å². The van der Waals surface area contributed by atoms with Crippen LogP contribution in [0.5, 0.6) is 0 Å². The van der Waals surface area contributed by atoms with Crippen LogP contribution in [0.4, 0.5) is 0 Å². The summed E-state index contributed by atoms with van der Waals surface area (Å²) in [6.07, 6.45) is 4.69. The number of hydrogen-bond donors (Lipinski definition) is 1. The minimum atomic E-state index is -0.363. The smallest absolute Gasteiger partial charge is 0.0827 e. The first-order valence-corrected chi connectivity index (χ1v) is 6.06. The predicted molar refractivity (Wildman–Crippen MR) is 65.3 cm³/mol. The van der Waals surface area contributed by atoms with Crippen LogP contribution in [-0.2, 0) is 11.3 Å². The Morgan fingerprint density at radius 3 is 2.75 bits per heavy atom. The van der Waals surface area contributed by atoms with Crippen LogP contribution in [0.15, 0.2) is 18.5 Å². The maximum atomic E-state index is 9.88. The molecule has 1 heterocycles. The van der Waals surface area contributed by atoms with Gasteiger partial charge in [-0.1, -0.05) is 20.8 Å². The molecule has 1 N–H and O–H groups in total. The summed E-state index contributed by atoms with van der Waals surface area (Å²) in [7, 11) is 0. The lowest BCUT2D eigenvalue weighted by atomic mass is 10.0. The van der Waals surface area contributed by atoms with E-state index in [0.29, 0.717) is 0 Å². The van der Waals surface area contributed by atoms with Crippen LogP contribution in [0.1, 0.15) is 38.9 Å². The molecule has 0 spiro atoms. The zero-order chi connectivity index (χ0) is 12.0. The molecular formula is C13H23NO2. The summed E-state index contributed by atoms with van der Waals surface area (Å²) in [6, 6.07) is 1.98. The summed E-state index contributed by atoms with van der Waals surface area (Å²) >= 11 is 0. The zero-order valence-corrected chi connectivity index (χ0v) is 10.5. The van der Waals surface area contributed by atoms with Crippen molar-refractivity contribution in [3.05, 3.63) is 24.0 Å². The van der Waals surface area contributed by atoms with Gasteiger partial charge in [0.05, 0.1) is 12.7 Å². The highest BCUT2D eigenvalue weighted by atomic mass is 16.5. The predicted octanol–water partition coefficient (Wildman–Crippen LogP) is 2.60. The molecule has 0 amide bonds. The van der Waals surface area contributed by atoms with E-state index in [4.69, 9.17) is 4.74 Å². The van der Waals surface area contributed by atoms with Gasteiger partial charge in [0, 0.05) is 25.5 Å². The second-order valence-corrected chi connectivity index (χ2v) is 4.48. The van der Waals surface area contributed by atoms with Crippen LogP contribution in [0, 0.1) is 5.92 Å². The lowest BCUT2D eigenvalue weighted by Crippen LogP contribution is -2.06. The number of aromatic nitrogens is 1. The number of aliphatic hydroxyl groups excluding tert-OH is 1. The highest BCUT2D eigenvalue weighted by Crippen LogP contribution is 2.21. The quantitative estimate of drug-likeness (QED) is 0.724. The van der Waals surface area contributed by atoms with Crippen LogP contribution in [-0.4, -0.2) is 22.9 Å². The molecule has 16 heavy (non-hydrogen) atoms. The van der Waals surface area contributed by atoms with E-state index in [1.54, 1.807) is 0 Å². The van der Waals surface area contributed by atoms with Crippen molar-refractivity contribution in [1.82, 2.24) is 4.57 Å². The van der Waals surface area contributed by atoms with E-state index in [2.05, 4.69) is 11.5 Å².